The van der Waals surface area contributed by atoms with Crippen molar-refractivity contribution in [3.8, 4) is 0 Å². The predicted octanol–water partition coefficient (Wildman–Crippen LogP) is 4.81. The number of guanidine groups is 1. The molecule has 2 N–H and O–H groups in total. The van der Waals surface area contributed by atoms with Gasteiger partial charge in [-0.05, 0) is 48.6 Å². The first-order chi connectivity index (χ1) is 12.4. The molecule has 1 heterocycles. The summed E-state index contributed by atoms with van der Waals surface area (Å²) in [4.78, 5) is 8.53. The molecular weight excluding hydrogens is 454 g/mol. The zero-order valence-electron chi connectivity index (χ0n) is 16.7. The van der Waals surface area contributed by atoms with Gasteiger partial charge in [-0.3, -0.25) is 9.98 Å². The highest BCUT2D eigenvalue weighted by molar-refractivity contribution is 14.0. The normalized spacial score (nSPS) is 13.7. The standard InChI is InChI=1S/C21H29FN4.HI/c1-14(2)19(18-7-6-10-24-12-18)13-25-21(23-5)26-16(4)17-9-8-15(3)20(22)11-17;/h6-12,14,16,19H,13H2,1-5H3,(H2,23,25,26);1H. The zero-order valence-corrected chi connectivity index (χ0v) is 19.0. The number of aromatic nitrogens is 1. The minimum absolute atomic E-state index is 0. The molecule has 1 aromatic heterocycles. The molecule has 0 saturated heterocycles. The molecule has 2 atom stereocenters. The third-order valence-electron chi connectivity index (χ3n) is 4.68. The molecule has 148 valence electrons. The summed E-state index contributed by atoms with van der Waals surface area (Å²) in [7, 11) is 1.74. The lowest BCUT2D eigenvalue weighted by molar-refractivity contribution is 0.485. The Bertz CT molecular complexity index is 734. The Morgan fingerprint density at radius 2 is 1.93 bits per heavy atom. The minimum atomic E-state index is -0.185. The molecule has 0 bridgehead atoms. The van der Waals surface area contributed by atoms with E-state index in [2.05, 4.69) is 40.5 Å². The van der Waals surface area contributed by atoms with Crippen LogP contribution in [0.1, 0.15) is 49.4 Å². The topological polar surface area (TPSA) is 49.3 Å². The number of nitrogens with one attached hydrogen (secondary N) is 2. The zero-order chi connectivity index (χ0) is 19.1. The Morgan fingerprint density at radius 1 is 1.19 bits per heavy atom. The van der Waals surface area contributed by atoms with Crippen molar-refractivity contribution in [3.05, 3.63) is 65.2 Å². The molecule has 0 aliphatic heterocycles. The van der Waals surface area contributed by atoms with Gasteiger partial charge in [-0.15, -0.1) is 24.0 Å². The van der Waals surface area contributed by atoms with Crippen molar-refractivity contribution in [2.45, 2.75) is 39.7 Å². The average molecular weight is 484 g/mol. The van der Waals surface area contributed by atoms with E-state index in [1.165, 1.54) is 5.56 Å². The average Bonchev–Trinajstić information content (AvgIpc) is 2.63. The van der Waals surface area contributed by atoms with Crippen LogP contribution in [0.25, 0.3) is 0 Å². The fraction of sp³-hybridized carbons (Fsp3) is 0.429. The summed E-state index contributed by atoms with van der Waals surface area (Å²) in [6, 6.07) is 9.34. The molecule has 0 spiro atoms. The number of aryl methyl sites for hydroxylation is 1. The number of hydrogen-bond acceptors (Lipinski definition) is 2. The summed E-state index contributed by atoms with van der Waals surface area (Å²) >= 11 is 0. The Kier molecular flexibility index (Phi) is 9.69. The fourth-order valence-electron chi connectivity index (χ4n) is 2.90. The van der Waals surface area contributed by atoms with E-state index in [9.17, 15) is 4.39 Å². The van der Waals surface area contributed by atoms with Crippen LogP contribution in [-0.4, -0.2) is 24.5 Å². The van der Waals surface area contributed by atoms with E-state index >= 15 is 0 Å². The molecule has 2 aromatic rings. The van der Waals surface area contributed by atoms with E-state index < -0.39 is 0 Å². The molecule has 0 fully saturated rings. The summed E-state index contributed by atoms with van der Waals surface area (Å²) in [6.07, 6.45) is 3.71. The van der Waals surface area contributed by atoms with Crippen molar-refractivity contribution in [2.24, 2.45) is 10.9 Å². The number of halogens is 2. The van der Waals surface area contributed by atoms with Crippen LogP contribution in [0.4, 0.5) is 4.39 Å². The van der Waals surface area contributed by atoms with Crippen molar-refractivity contribution in [3.63, 3.8) is 0 Å². The van der Waals surface area contributed by atoms with Gasteiger partial charge in [0.05, 0.1) is 6.04 Å². The number of rotatable bonds is 6. The van der Waals surface area contributed by atoms with Gasteiger partial charge in [0, 0.05) is 31.9 Å². The van der Waals surface area contributed by atoms with Crippen molar-refractivity contribution >= 4 is 29.9 Å². The first kappa shape index (κ1) is 23.3. The monoisotopic (exact) mass is 484 g/mol. The molecule has 4 nitrogen and oxygen atoms in total. The van der Waals surface area contributed by atoms with Gasteiger partial charge in [-0.25, -0.2) is 4.39 Å². The maximum absolute atomic E-state index is 13.8. The van der Waals surface area contributed by atoms with E-state index in [1.54, 1.807) is 32.3 Å². The molecule has 0 aliphatic rings. The van der Waals surface area contributed by atoms with Crippen LogP contribution in [0.2, 0.25) is 0 Å². The van der Waals surface area contributed by atoms with Crippen molar-refractivity contribution < 1.29 is 4.39 Å². The van der Waals surface area contributed by atoms with Gasteiger partial charge in [0.1, 0.15) is 5.82 Å². The molecule has 27 heavy (non-hydrogen) atoms. The maximum atomic E-state index is 13.8. The van der Waals surface area contributed by atoms with Gasteiger partial charge in [0.2, 0.25) is 0 Å². The van der Waals surface area contributed by atoms with Crippen LogP contribution in [-0.2, 0) is 0 Å². The molecule has 1 aromatic carbocycles. The van der Waals surface area contributed by atoms with Gasteiger partial charge >= 0.3 is 0 Å². The largest absolute Gasteiger partial charge is 0.356 e. The highest BCUT2D eigenvalue weighted by Gasteiger charge is 2.17. The highest BCUT2D eigenvalue weighted by atomic mass is 127. The SMILES string of the molecule is CN=C(NCC(c1cccnc1)C(C)C)NC(C)c1ccc(C)c(F)c1.I. The van der Waals surface area contributed by atoms with Gasteiger partial charge in [0.25, 0.3) is 0 Å². The summed E-state index contributed by atoms with van der Waals surface area (Å²) in [5.41, 5.74) is 2.75. The Hall–Kier alpha value is -1.70. The molecule has 0 saturated carbocycles. The molecule has 0 amide bonds. The molecule has 6 heteroatoms. The lowest BCUT2D eigenvalue weighted by Crippen LogP contribution is -2.41. The quantitative estimate of drug-likeness (QED) is 0.352. The molecule has 0 radical (unpaired) electrons. The lowest BCUT2D eigenvalue weighted by atomic mass is 9.89. The third-order valence-corrected chi connectivity index (χ3v) is 4.68. The van der Waals surface area contributed by atoms with Gasteiger partial charge in [-0.2, -0.15) is 0 Å². The smallest absolute Gasteiger partial charge is 0.191 e. The molecular formula is C21H30FIN4. The van der Waals surface area contributed by atoms with Crippen LogP contribution in [0.3, 0.4) is 0 Å². The first-order valence-electron chi connectivity index (χ1n) is 9.05. The number of pyridine rings is 1. The summed E-state index contributed by atoms with van der Waals surface area (Å²) in [5, 5.41) is 6.73. The predicted molar refractivity (Wildman–Crippen MR) is 121 cm³/mol. The first-order valence-corrected chi connectivity index (χ1v) is 9.05. The van der Waals surface area contributed by atoms with E-state index in [-0.39, 0.29) is 35.8 Å². The molecule has 2 unspecified atom stereocenters. The van der Waals surface area contributed by atoms with Crippen molar-refractivity contribution in [1.29, 1.82) is 0 Å². The Balaban J connectivity index is 0.00000364. The van der Waals surface area contributed by atoms with Crippen LogP contribution in [0.15, 0.2) is 47.7 Å². The van der Waals surface area contributed by atoms with Gasteiger partial charge in [0.15, 0.2) is 5.96 Å². The molecule has 2 rings (SSSR count). The van der Waals surface area contributed by atoms with E-state index in [1.807, 2.05) is 25.3 Å². The number of aliphatic imine (C=N–C) groups is 1. The second-order valence-electron chi connectivity index (χ2n) is 6.96. The minimum Gasteiger partial charge on any atom is -0.356 e. The van der Waals surface area contributed by atoms with E-state index in [0.717, 1.165) is 12.1 Å². The summed E-state index contributed by atoms with van der Waals surface area (Å²) in [5.74, 6) is 1.31. The second-order valence-corrected chi connectivity index (χ2v) is 6.96. The van der Waals surface area contributed by atoms with Crippen LogP contribution < -0.4 is 10.6 Å². The van der Waals surface area contributed by atoms with Gasteiger partial charge in [-0.1, -0.05) is 32.0 Å². The van der Waals surface area contributed by atoms with Gasteiger partial charge < -0.3 is 10.6 Å². The van der Waals surface area contributed by atoms with Crippen molar-refractivity contribution in [2.75, 3.05) is 13.6 Å². The second kappa shape index (κ2) is 11.2. The van der Waals surface area contributed by atoms with E-state index in [4.69, 9.17) is 0 Å². The number of nitrogens with zero attached hydrogens (tertiary/aromatic N) is 2. The van der Waals surface area contributed by atoms with E-state index in [0.29, 0.717) is 23.4 Å². The lowest BCUT2D eigenvalue weighted by Gasteiger charge is -2.24. The Labute approximate surface area is 179 Å². The van der Waals surface area contributed by atoms with Crippen molar-refractivity contribution in [1.82, 2.24) is 15.6 Å². The summed E-state index contributed by atoms with van der Waals surface area (Å²) < 4.78 is 13.8. The van der Waals surface area contributed by atoms with Crippen LogP contribution in [0.5, 0.6) is 0 Å². The summed E-state index contributed by atoms with van der Waals surface area (Å²) in [6.45, 7) is 8.92. The fourth-order valence-corrected chi connectivity index (χ4v) is 2.90. The highest BCUT2D eigenvalue weighted by Crippen LogP contribution is 2.22. The van der Waals surface area contributed by atoms with Crippen LogP contribution >= 0.6 is 24.0 Å². The number of benzene rings is 1. The maximum Gasteiger partial charge on any atom is 0.191 e. The number of hydrogen-bond donors (Lipinski definition) is 2. The Morgan fingerprint density at radius 3 is 2.48 bits per heavy atom. The molecule has 0 aliphatic carbocycles. The third kappa shape index (κ3) is 6.75. The van der Waals surface area contributed by atoms with Crippen LogP contribution in [0, 0.1) is 18.7 Å².